The van der Waals surface area contributed by atoms with Crippen LogP contribution in [0.4, 0.5) is 18.9 Å². The highest BCUT2D eigenvalue weighted by Crippen LogP contribution is 2.48. The van der Waals surface area contributed by atoms with Crippen LogP contribution in [-0.2, 0) is 5.41 Å². The first-order valence-corrected chi connectivity index (χ1v) is 6.37. The average molecular weight is 269 g/mol. The smallest absolute Gasteiger partial charge is 0.406 e. The maximum absolute atomic E-state index is 12.3. The van der Waals surface area contributed by atoms with Crippen LogP contribution in [0.5, 0.6) is 5.75 Å². The number of aliphatic imine (C=N–C) groups is 1. The molecule has 5 heteroatoms. The minimum absolute atomic E-state index is 0.158. The minimum atomic E-state index is -4.65. The van der Waals surface area contributed by atoms with Gasteiger partial charge in [-0.25, -0.2) is 0 Å². The van der Waals surface area contributed by atoms with E-state index in [1.807, 2.05) is 0 Å². The lowest BCUT2D eigenvalue weighted by molar-refractivity contribution is -0.274. The zero-order chi connectivity index (χ0) is 13.7. The van der Waals surface area contributed by atoms with E-state index >= 15 is 0 Å². The van der Waals surface area contributed by atoms with Gasteiger partial charge in [-0.05, 0) is 43.0 Å². The summed E-state index contributed by atoms with van der Waals surface area (Å²) in [6, 6.07) is 4.44. The molecule has 0 bridgehead atoms. The molecule has 1 aromatic carbocycles. The molecule has 0 saturated heterocycles. The number of hydrogen-bond acceptors (Lipinski definition) is 2. The summed E-state index contributed by atoms with van der Waals surface area (Å²) < 4.78 is 40.8. The molecular weight excluding hydrogens is 255 g/mol. The Balaban J connectivity index is 1.98. The monoisotopic (exact) mass is 269 g/mol. The normalized spacial score (nSPS) is 25.6. The van der Waals surface area contributed by atoms with E-state index in [2.05, 4.69) is 16.7 Å². The van der Waals surface area contributed by atoms with Crippen molar-refractivity contribution in [3.63, 3.8) is 0 Å². The quantitative estimate of drug-likeness (QED) is 0.735. The van der Waals surface area contributed by atoms with E-state index in [0.29, 0.717) is 0 Å². The highest BCUT2D eigenvalue weighted by atomic mass is 19.4. The van der Waals surface area contributed by atoms with Gasteiger partial charge < -0.3 is 4.74 Å². The molecule has 102 valence electrons. The van der Waals surface area contributed by atoms with Crippen LogP contribution in [0.25, 0.3) is 0 Å². The molecule has 1 heterocycles. The van der Waals surface area contributed by atoms with E-state index in [1.54, 1.807) is 6.07 Å². The van der Waals surface area contributed by atoms with Crippen LogP contribution in [0.3, 0.4) is 0 Å². The van der Waals surface area contributed by atoms with Crippen molar-refractivity contribution in [2.45, 2.75) is 44.4 Å². The number of hydrogen-bond donors (Lipinski definition) is 0. The molecule has 0 aromatic heterocycles. The van der Waals surface area contributed by atoms with Gasteiger partial charge in [0.25, 0.3) is 0 Å². The second-order valence-electron chi connectivity index (χ2n) is 5.32. The van der Waals surface area contributed by atoms with Crippen molar-refractivity contribution >= 4 is 11.4 Å². The van der Waals surface area contributed by atoms with Gasteiger partial charge in [0.15, 0.2) is 0 Å². The van der Waals surface area contributed by atoms with Crippen LogP contribution in [0, 0.1) is 0 Å². The molecular formula is C14H14F3NO. The molecule has 1 aliphatic carbocycles. The largest absolute Gasteiger partial charge is 0.573 e. The Hall–Kier alpha value is -1.52. The Labute approximate surface area is 109 Å². The Morgan fingerprint density at radius 1 is 1.26 bits per heavy atom. The molecule has 1 fully saturated rings. The third-order valence-corrected chi connectivity index (χ3v) is 4.03. The van der Waals surface area contributed by atoms with Crippen LogP contribution in [0.1, 0.15) is 38.2 Å². The number of fused-ring (bicyclic) bond motifs is 3. The molecule has 1 aliphatic heterocycles. The molecule has 1 atom stereocenters. The molecule has 2 nitrogen and oxygen atoms in total. The second kappa shape index (κ2) is 3.99. The van der Waals surface area contributed by atoms with Crippen LogP contribution in [0.2, 0.25) is 0 Å². The molecule has 0 amide bonds. The molecule has 1 aromatic rings. The van der Waals surface area contributed by atoms with Gasteiger partial charge in [0.2, 0.25) is 0 Å². The van der Waals surface area contributed by atoms with Crippen molar-refractivity contribution in [3.8, 4) is 5.75 Å². The maximum atomic E-state index is 12.3. The summed E-state index contributed by atoms with van der Waals surface area (Å²) in [6.45, 7) is 2.06. The topological polar surface area (TPSA) is 21.6 Å². The van der Waals surface area contributed by atoms with Crippen molar-refractivity contribution in [1.82, 2.24) is 0 Å². The van der Waals surface area contributed by atoms with E-state index in [0.717, 1.165) is 42.6 Å². The molecule has 19 heavy (non-hydrogen) atoms. The van der Waals surface area contributed by atoms with Crippen molar-refractivity contribution in [2.24, 2.45) is 4.99 Å². The first-order valence-electron chi connectivity index (χ1n) is 6.37. The predicted molar refractivity (Wildman–Crippen MR) is 66.0 cm³/mol. The first kappa shape index (κ1) is 12.5. The lowest BCUT2D eigenvalue weighted by Gasteiger charge is -2.31. The zero-order valence-electron chi connectivity index (χ0n) is 10.5. The average Bonchev–Trinajstić information content (AvgIpc) is 2.60. The van der Waals surface area contributed by atoms with Crippen molar-refractivity contribution < 1.29 is 17.9 Å². The first-order chi connectivity index (χ1) is 8.88. The fourth-order valence-electron chi connectivity index (χ4n) is 3.06. The van der Waals surface area contributed by atoms with Gasteiger partial charge in [-0.1, -0.05) is 13.3 Å². The van der Waals surface area contributed by atoms with Crippen molar-refractivity contribution in [1.29, 1.82) is 0 Å². The van der Waals surface area contributed by atoms with Gasteiger partial charge >= 0.3 is 6.36 Å². The Morgan fingerprint density at radius 3 is 2.79 bits per heavy atom. The summed E-state index contributed by atoms with van der Waals surface area (Å²) in [5.74, 6) is -0.158. The lowest BCUT2D eigenvalue weighted by Crippen LogP contribution is -2.32. The molecule has 0 N–H and O–H groups in total. The van der Waals surface area contributed by atoms with Crippen LogP contribution < -0.4 is 4.74 Å². The van der Waals surface area contributed by atoms with Gasteiger partial charge in [0, 0.05) is 11.1 Å². The van der Waals surface area contributed by atoms with Crippen LogP contribution >= 0.6 is 0 Å². The lowest BCUT2D eigenvalue weighted by atomic mass is 9.71. The molecule has 2 aliphatic rings. The highest BCUT2D eigenvalue weighted by Gasteiger charge is 2.41. The summed E-state index contributed by atoms with van der Waals surface area (Å²) >= 11 is 0. The minimum Gasteiger partial charge on any atom is -0.406 e. The summed E-state index contributed by atoms with van der Waals surface area (Å²) in [7, 11) is 0. The molecule has 1 unspecified atom stereocenters. The highest BCUT2D eigenvalue weighted by molar-refractivity contribution is 6.02. The van der Waals surface area contributed by atoms with Gasteiger partial charge in [0.05, 0.1) is 5.69 Å². The summed E-state index contributed by atoms with van der Waals surface area (Å²) in [6.07, 6.45) is -0.591. The fourth-order valence-corrected chi connectivity index (χ4v) is 3.06. The summed E-state index contributed by atoms with van der Waals surface area (Å²) in [5, 5.41) is 0. The second-order valence-corrected chi connectivity index (χ2v) is 5.32. The number of rotatable bonds is 1. The molecule has 3 rings (SSSR count). The van der Waals surface area contributed by atoms with Crippen molar-refractivity contribution in [2.75, 3.05) is 0 Å². The Bertz CT molecular complexity index is 550. The Kier molecular flexibility index (Phi) is 2.62. The SMILES string of the molecule is CC12CCCCC1=Nc1ccc(OC(F)(F)F)cc12. The van der Waals surface area contributed by atoms with Gasteiger partial charge in [-0.3, -0.25) is 4.99 Å². The molecule has 1 saturated carbocycles. The number of alkyl halides is 3. The number of ether oxygens (including phenoxy) is 1. The molecule has 0 spiro atoms. The third kappa shape index (κ3) is 2.11. The summed E-state index contributed by atoms with van der Waals surface area (Å²) in [5.41, 5.74) is 2.54. The predicted octanol–water partition coefficient (Wildman–Crippen LogP) is 4.50. The van der Waals surface area contributed by atoms with E-state index < -0.39 is 6.36 Å². The van der Waals surface area contributed by atoms with Crippen molar-refractivity contribution in [3.05, 3.63) is 23.8 Å². The van der Waals surface area contributed by atoms with Gasteiger partial charge in [-0.15, -0.1) is 13.2 Å². The number of nitrogens with zero attached hydrogens (tertiary/aromatic N) is 1. The van der Waals surface area contributed by atoms with E-state index in [9.17, 15) is 13.2 Å². The van der Waals surface area contributed by atoms with E-state index in [-0.39, 0.29) is 11.2 Å². The summed E-state index contributed by atoms with van der Waals surface area (Å²) in [4.78, 5) is 4.56. The van der Waals surface area contributed by atoms with Crippen LogP contribution in [0.15, 0.2) is 23.2 Å². The third-order valence-electron chi connectivity index (χ3n) is 4.03. The van der Waals surface area contributed by atoms with Gasteiger partial charge in [0.1, 0.15) is 5.75 Å². The fraction of sp³-hybridized carbons (Fsp3) is 0.500. The standard InChI is InChI=1S/C14H14F3NO/c1-13-7-3-2-4-12(13)18-11-6-5-9(8-10(11)13)19-14(15,16)17/h5-6,8H,2-4,7H2,1H3. The van der Waals surface area contributed by atoms with Crippen LogP contribution in [-0.4, -0.2) is 12.1 Å². The van der Waals surface area contributed by atoms with E-state index in [1.165, 1.54) is 12.1 Å². The number of halogens is 3. The maximum Gasteiger partial charge on any atom is 0.573 e. The molecule has 0 radical (unpaired) electrons. The van der Waals surface area contributed by atoms with Gasteiger partial charge in [-0.2, -0.15) is 0 Å². The zero-order valence-corrected chi connectivity index (χ0v) is 10.5. The van der Waals surface area contributed by atoms with E-state index in [4.69, 9.17) is 0 Å². The number of benzene rings is 1. The Morgan fingerprint density at radius 2 is 2.05 bits per heavy atom.